The van der Waals surface area contributed by atoms with E-state index in [2.05, 4.69) is 13.0 Å². The van der Waals surface area contributed by atoms with Gasteiger partial charge in [0.05, 0.1) is 6.61 Å². The number of carbonyl (C=O) groups excluding carboxylic acids is 1. The lowest BCUT2D eigenvalue weighted by Crippen LogP contribution is -2.21. The zero-order valence-electron chi connectivity index (χ0n) is 16.3. The number of allylic oxidation sites excluding steroid dienone is 2. The van der Waals surface area contributed by atoms with Crippen LogP contribution in [-0.4, -0.2) is 35.5 Å². The SMILES string of the molecule is CCCCCCCCCCCCC/C=C/CCC(=O)OC[C@@H](O)CO. The fourth-order valence-corrected chi connectivity index (χ4v) is 2.68. The molecule has 0 unspecified atom stereocenters. The Morgan fingerprint density at radius 3 is 1.96 bits per heavy atom. The highest BCUT2D eigenvalue weighted by atomic mass is 16.5. The normalized spacial score (nSPS) is 12.6. The van der Waals surface area contributed by atoms with Crippen LogP contribution in [0.4, 0.5) is 0 Å². The smallest absolute Gasteiger partial charge is 0.306 e. The second-order valence-electron chi connectivity index (χ2n) is 6.85. The number of esters is 1. The van der Waals surface area contributed by atoms with Crippen LogP contribution in [0.15, 0.2) is 12.2 Å². The summed E-state index contributed by atoms with van der Waals surface area (Å²) in [6.45, 7) is 1.75. The maximum atomic E-state index is 11.3. The molecule has 0 rings (SSSR count). The lowest BCUT2D eigenvalue weighted by atomic mass is 10.1. The van der Waals surface area contributed by atoms with E-state index in [9.17, 15) is 4.79 Å². The Morgan fingerprint density at radius 2 is 1.40 bits per heavy atom. The molecule has 0 spiro atoms. The molecule has 0 aromatic heterocycles. The Bertz CT molecular complexity index is 315. The molecule has 0 radical (unpaired) electrons. The Morgan fingerprint density at radius 1 is 0.880 bits per heavy atom. The molecule has 2 N–H and O–H groups in total. The lowest BCUT2D eigenvalue weighted by molar-refractivity contribution is -0.147. The van der Waals surface area contributed by atoms with Gasteiger partial charge in [-0.15, -0.1) is 0 Å². The van der Waals surface area contributed by atoms with Crippen LogP contribution in [-0.2, 0) is 9.53 Å². The van der Waals surface area contributed by atoms with Crippen LogP contribution < -0.4 is 0 Å². The molecule has 0 aliphatic heterocycles. The highest BCUT2D eigenvalue weighted by Gasteiger charge is 2.06. The fourth-order valence-electron chi connectivity index (χ4n) is 2.68. The molecule has 0 fully saturated rings. The van der Waals surface area contributed by atoms with Crippen LogP contribution in [0.3, 0.4) is 0 Å². The third-order valence-electron chi connectivity index (χ3n) is 4.30. The zero-order chi connectivity index (χ0) is 18.6. The van der Waals surface area contributed by atoms with E-state index >= 15 is 0 Å². The van der Waals surface area contributed by atoms with Crippen LogP contribution in [0.1, 0.15) is 96.8 Å². The first-order chi connectivity index (χ1) is 12.2. The quantitative estimate of drug-likeness (QED) is 0.208. The van der Waals surface area contributed by atoms with E-state index < -0.39 is 6.10 Å². The molecule has 0 aromatic rings. The van der Waals surface area contributed by atoms with Gasteiger partial charge in [0.1, 0.15) is 12.7 Å². The molecule has 0 aliphatic carbocycles. The van der Waals surface area contributed by atoms with Gasteiger partial charge in [0.15, 0.2) is 0 Å². The number of ether oxygens (including phenoxy) is 1. The van der Waals surface area contributed by atoms with Crippen molar-refractivity contribution >= 4 is 5.97 Å². The van der Waals surface area contributed by atoms with Crippen LogP contribution in [0.5, 0.6) is 0 Å². The summed E-state index contributed by atoms with van der Waals surface area (Å²) in [7, 11) is 0. The van der Waals surface area contributed by atoms with Crippen molar-refractivity contribution in [1.29, 1.82) is 0 Å². The van der Waals surface area contributed by atoms with Gasteiger partial charge < -0.3 is 14.9 Å². The second-order valence-corrected chi connectivity index (χ2v) is 6.85. The van der Waals surface area contributed by atoms with Crippen molar-refractivity contribution < 1.29 is 19.7 Å². The van der Waals surface area contributed by atoms with E-state index in [1.165, 1.54) is 70.6 Å². The summed E-state index contributed by atoms with van der Waals surface area (Å²) in [5, 5.41) is 17.7. The molecular formula is C21H40O4. The van der Waals surface area contributed by atoms with Crippen molar-refractivity contribution in [3.8, 4) is 0 Å². The average molecular weight is 357 g/mol. The summed E-state index contributed by atoms with van der Waals surface area (Å²) in [5.41, 5.74) is 0. The lowest BCUT2D eigenvalue weighted by Gasteiger charge is -2.07. The molecule has 0 aliphatic rings. The van der Waals surface area contributed by atoms with Gasteiger partial charge in [-0.3, -0.25) is 4.79 Å². The molecule has 148 valence electrons. The highest BCUT2D eigenvalue weighted by molar-refractivity contribution is 5.69. The topological polar surface area (TPSA) is 66.8 Å². The fraction of sp³-hybridized carbons (Fsp3) is 0.857. The summed E-state index contributed by atoms with van der Waals surface area (Å²) in [6, 6.07) is 0. The standard InChI is InChI=1S/C21H40O4/c1-2-3-4-5-6-7-8-9-10-11-12-13-14-15-16-17-21(24)25-19-20(23)18-22/h14-15,20,22-23H,2-13,16-19H2,1H3/b15-14+/t20-/m0/s1. The van der Waals surface area contributed by atoms with E-state index in [1.807, 2.05) is 6.08 Å². The van der Waals surface area contributed by atoms with E-state index in [1.54, 1.807) is 0 Å². The predicted molar refractivity (Wildman–Crippen MR) is 104 cm³/mol. The molecular weight excluding hydrogens is 316 g/mol. The minimum absolute atomic E-state index is 0.127. The number of unbranched alkanes of at least 4 members (excludes halogenated alkanes) is 11. The van der Waals surface area contributed by atoms with Gasteiger partial charge in [-0.2, -0.15) is 0 Å². The summed E-state index contributed by atoms with van der Waals surface area (Å²) in [4.78, 5) is 11.3. The summed E-state index contributed by atoms with van der Waals surface area (Å²) >= 11 is 0. The Labute approximate surface area is 154 Å². The summed E-state index contributed by atoms with van der Waals surface area (Å²) in [6.07, 6.45) is 20.2. The number of rotatable bonds is 18. The van der Waals surface area contributed by atoms with Crippen LogP contribution in [0, 0.1) is 0 Å². The zero-order valence-corrected chi connectivity index (χ0v) is 16.3. The molecule has 0 bridgehead atoms. The minimum Gasteiger partial charge on any atom is -0.463 e. The van der Waals surface area contributed by atoms with E-state index in [4.69, 9.17) is 14.9 Å². The first kappa shape index (κ1) is 24.1. The van der Waals surface area contributed by atoms with Crippen molar-refractivity contribution in [1.82, 2.24) is 0 Å². The third kappa shape index (κ3) is 19.3. The van der Waals surface area contributed by atoms with Crippen molar-refractivity contribution in [2.75, 3.05) is 13.2 Å². The molecule has 25 heavy (non-hydrogen) atoms. The Kier molecular flexibility index (Phi) is 18.8. The molecule has 4 heteroatoms. The molecule has 1 atom stereocenters. The van der Waals surface area contributed by atoms with Gasteiger partial charge in [0, 0.05) is 6.42 Å². The number of hydrogen-bond donors (Lipinski definition) is 2. The second kappa shape index (κ2) is 19.5. The maximum Gasteiger partial charge on any atom is 0.306 e. The molecule has 0 amide bonds. The van der Waals surface area contributed by atoms with Gasteiger partial charge in [0.25, 0.3) is 0 Å². The van der Waals surface area contributed by atoms with Gasteiger partial charge in [-0.1, -0.05) is 83.3 Å². The van der Waals surface area contributed by atoms with Crippen molar-refractivity contribution in [2.45, 2.75) is 103 Å². The van der Waals surface area contributed by atoms with E-state index in [0.717, 1.165) is 6.42 Å². The minimum atomic E-state index is -0.972. The van der Waals surface area contributed by atoms with Gasteiger partial charge in [0.2, 0.25) is 0 Å². The first-order valence-electron chi connectivity index (χ1n) is 10.3. The third-order valence-corrected chi connectivity index (χ3v) is 4.30. The molecule has 0 heterocycles. The monoisotopic (exact) mass is 356 g/mol. The molecule has 4 nitrogen and oxygen atoms in total. The Hall–Kier alpha value is -0.870. The average Bonchev–Trinajstić information content (AvgIpc) is 2.62. The van der Waals surface area contributed by atoms with Crippen molar-refractivity contribution in [3.05, 3.63) is 12.2 Å². The van der Waals surface area contributed by atoms with Crippen molar-refractivity contribution in [2.24, 2.45) is 0 Å². The molecule has 0 aromatic carbocycles. The van der Waals surface area contributed by atoms with Crippen molar-refractivity contribution in [3.63, 3.8) is 0 Å². The van der Waals surface area contributed by atoms with Crippen LogP contribution >= 0.6 is 0 Å². The van der Waals surface area contributed by atoms with Crippen LogP contribution in [0.25, 0.3) is 0 Å². The summed E-state index contributed by atoms with van der Waals surface area (Å²) in [5.74, 6) is -0.327. The van der Waals surface area contributed by atoms with E-state index in [0.29, 0.717) is 12.8 Å². The molecule has 0 saturated heterocycles. The summed E-state index contributed by atoms with van der Waals surface area (Å²) < 4.78 is 4.83. The number of hydrogen-bond acceptors (Lipinski definition) is 4. The molecule has 0 saturated carbocycles. The highest BCUT2D eigenvalue weighted by Crippen LogP contribution is 2.12. The van der Waals surface area contributed by atoms with E-state index in [-0.39, 0.29) is 19.2 Å². The number of aliphatic hydroxyl groups excluding tert-OH is 2. The maximum absolute atomic E-state index is 11.3. The number of carbonyl (C=O) groups is 1. The van der Waals surface area contributed by atoms with Crippen LogP contribution in [0.2, 0.25) is 0 Å². The van der Waals surface area contributed by atoms with Gasteiger partial charge in [-0.05, 0) is 19.3 Å². The van der Waals surface area contributed by atoms with Gasteiger partial charge >= 0.3 is 5.97 Å². The largest absolute Gasteiger partial charge is 0.463 e. The predicted octanol–water partition coefficient (Wildman–Crippen LogP) is 4.92. The number of aliphatic hydroxyl groups is 2. The Balaban J connectivity index is 3.24. The first-order valence-corrected chi connectivity index (χ1v) is 10.3. The van der Waals surface area contributed by atoms with Gasteiger partial charge in [-0.25, -0.2) is 0 Å².